The highest BCUT2D eigenvalue weighted by molar-refractivity contribution is 5.49. The van der Waals surface area contributed by atoms with Crippen LogP contribution in [0.4, 0.5) is 5.69 Å². The van der Waals surface area contributed by atoms with Crippen molar-refractivity contribution in [3.8, 4) is 5.75 Å². The van der Waals surface area contributed by atoms with Gasteiger partial charge in [-0.25, -0.2) is 0 Å². The second-order valence-electron chi connectivity index (χ2n) is 3.65. The topological polar surface area (TPSA) is 21.3 Å². The van der Waals surface area contributed by atoms with Gasteiger partial charge in [0.15, 0.2) is 0 Å². The van der Waals surface area contributed by atoms with E-state index >= 15 is 0 Å². The molecular weight excluding hydrogens is 210 g/mol. The van der Waals surface area contributed by atoms with Crippen LogP contribution >= 0.6 is 0 Å². The third kappa shape index (κ3) is 3.38. The van der Waals surface area contributed by atoms with Crippen molar-refractivity contribution in [2.24, 2.45) is 0 Å². The Morgan fingerprint density at radius 3 is 2.65 bits per heavy atom. The molecule has 0 atom stereocenters. The number of nitrogens with one attached hydrogen (secondary N) is 1. The Balaban J connectivity index is 1.99. The maximum Gasteiger partial charge on any atom is 0.121 e. The Morgan fingerprint density at radius 2 is 1.88 bits per heavy atom. The molecule has 0 saturated carbocycles. The highest BCUT2D eigenvalue weighted by Gasteiger charge is 1.96. The third-order valence-electron chi connectivity index (χ3n) is 2.35. The molecule has 86 valence electrons. The second-order valence-corrected chi connectivity index (χ2v) is 3.65. The summed E-state index contributed by atoms with van der Waals surface area (Å²) in [6, 6.07) is 17.9. The first-order valence-electron chi connectivity index (χ1n) is 5.53. The zero-order valence-electron chi connectivity index (χ0n) is 9.60. The Labute approximate surface area is 102 Å². The number of ether oxygens (including phenoxy) is 1. The zero-order chi connectivity index (χ0) is 11.9. The summed E-state index contributed by atoms with van der Waals surface area (Å²) < 4.78 is 5.70. The monoisotopic (exact) mass is 225 g/mol. The van der Waals surface area contributed by atoms with E-state index in [2.05, 4.69) is 11.9 Å². The molecule has 1 N–H and O–H groups in total. The van der Waals surface area contributed by atoms with E-state index in [0.717, 1.165) is 17.0 Å². The molecule has 17 heavy (non-hydrogen) atoms. The van der Waals surface area contributed by atoms with Crippen molar-refractivity contribution >= 4 is 5.69 Å². The molecule has 2 rings (SSSR count). The van der Waals surface area contributed by atoms with Gasteiger partial charge in [-0.1, -0.05) is 43.0 Å². The number of hydrogen-bond acceptors (Lipinski definition) is 2. The van der Waals surface area contributed by atoms with E-state index in [-0.39, 0.29) is 0 Å². The summed E-state index contributed by atoms with van der Waals surface area (Å²) in [7, 11) is 0. The average molecular weight is 225 g/mol. The molecule has 0 aliphatic heterocycles. The van der Waals surface area contributed by atoms with Crippen LogP contribution in [0.5, 0.6) is 5.75 Å². The molecule has 0 aliphatic carbocycles. The fourth-order valence-corrected chi connectivity index (χ4v) is 1.53. The van der Waals surface area contributed by atoms with E-state index in [1.807, 2.05) is 54.6 Å². The molecule has 0 bridgehead atoms. The smallest absolute Gasteiger partial charge is 0.121 e. The Bertz CT molecular complexity index is 479. The van der Waals surface area contributed by atoms with Crippen LogP contribution in [0.2, 0.25) is 0 Å². The first kappa shape index (κ1) is 11.3. The predicted octanol–water partition coefficient (Wildman–Crippen LogP) is 3.82. The average Bonchev–Trinajstić information content (AvgIpc) is 2.39. The van der Waals surface area contributed by atoms with Gasteiger partial charge in [0.1, 0.15) is 12.4 Å². The van der Waals surface area contributed by atoms with Gasteiger partial charge in [0.25, 0.3) is 0 Å². The minimum absolute atomic E-state index is 0.582. The minimum atomic E-state index is 0.582. The van der Waals surface area contributed by atoms with E-state index in [9.17, 15) is 0 Å². The van der Waals surface area contributed by atoms with Crippen LogP contribution in [0.15, 0.2) is 67.4 Å². The van der Waals surface area contributed by atoms with Gasteiger partial charge in [0, 0.05) is 11.8 Å². The Kier molecular flexibility index (Phi) is 3.81. The summed E-state index contributed by atoms with van der Waals surface area (Å²) in [5.74, 6) is 0.848. The van der Waals surface area contributed by atoms with Crippen molar-refractivity contribution in [3.05, 3.63) is 72.9 Å². The molecule has 0 radical (unpaired) electrons. The number of anilines is 1. The van der Waals surface area contributed by atoms with E-state index in [1.165, 1.54) is 0 Å². The van der Waals surface area contributed by atoms with Gasteiger partial charge in [-0.2, -0.15) is 0 Å². The van der Waals surface area contributed by atoms with Gasteiger partial charge >= 0.3 is 0 Å². The molecule has 0 heterocycles. The lowest BCUT2D eigenvalue weighted by Gasteiger charge is -2.08. The van der Waals surface area contributed by atoms with Crippen molar-refractivity contribution in [3.63, 3.8) is 0 Å². The van der Waals surface area contributed by atoms with Crippen LogP contribution in [-0.2, 0) is 6.61 Å². The van der Waals surface area contributed by atoms with Crippen LogP contribution in [0.1, 0.15) is 5.56 Å². The molecular formula is C15H15NO. The molecule has 2 nitrogen and oxygen atoms in total. The van der Waals surface area contributed by atoms with E-state index in [1.54, 1.807) is 6.20 Å². The lowest BCUT2D eigenvalue weighted by atomic mass is 10.2. The number of hydrogen-bond donors (Lipinski definition) is 1. The van der Waals surface area contributed by atoms with Gasteiger partial charge in [0.2, 0.25) is 0 Å². The van der Waals surface area contributed by atoms with Crippen molar-refractivity contribution in [1.82, 2.24) is 0 Å². The van der Waals surface area contributed by atoms with Gasteiger partial charge < -0.3 is 10.1 Å². The van der Waals surface area contributed by atoms with Crippen LogP contribution in [0, 0.1) is 0 Å². The van der Waals surface area contributed by atoms with Crippen LogP contribution in [0.3, 0.4) is 0 Å². The fraction of sp³-hybridized carbons (Fsp3) is 0.0667. The van der Waals surface area contributed by atoms with Crippen LogP contribution in [-0.4, -0.2) is 0 Å². The van der Waals surface area contributed by atoms with E-state index in [0.29, 0.717) is 6.61 Å². The molecule has 0 amide bonds. The van der Waals surface area contributed by atoms with Crippen LogP contribution < -0.4 is 10.1 Å². The second kappa shape index (κ2) is 5.75. The molecule has 0 saturated heterocycles. The van der Waals surface area contributed by atoms with Gasteiger partial charge in [-0.15, -0.1) is 0 Å². The summed E-state index contributed by atoms with van der Waals surface area (Å²) in [4.78, 5) is 0. The van der Waals surface area contributed by atoms with Crippen molar-refractivity contribution in [2.45, 2.75) is 6.61 Å². The molecule has 2 aromatic rings. The highest BCUT2D eigenvalue weighted by atomic mass is 16.5. The molecule has 0 aromatic heterocycles. The lowest BCUT2D eigenvalue weighted by molar-refractivity contribution is 0.306. The zero-order valence-corrected chi connectivity index (χ0v) is 9.60. The molecule has 0 unspecified atom stereocenters. The largest absolute Gasteiger partial charge is 0.489 e. The third-order valence-corrected chi connectivity index (χ3v) is 2.35. The molecule has 2 heteroatoms. The van der Waals surface area contributed by atoms with Crippen molar-refractivity contribution in [2.75, 3.05) is 5.32 Å². The fourth-order valence-electron chi connectivity index (χ4n) is 1.53. The first-order chi connectivity index (χ1) is 8.38. The molecule has 0 fully saturated rings. The predicted molar refractivity (Wildman–Crippen MR) is 71.0 cm³/mol. The normalized spacial score (nSPS) is 9.65. The number of rotatable bonds is 5. The van der Waals surface area contributed by atoms with Gasteiger partial charge in [0.05, 0.1) is 0 Å². The summed E-state index contributed by atoms with van der Waals surface area (Å²) in [6.45, 7) is 4.21. The highest BCUT2D eigenvalue weighted by Crippen LogP contribution is 2.18. The SMILES string of the molecule is C=CNc1cccc(OCc2ccccc2)c1. The Hall–Kier alpha value is -2.22. The maximum atomic E-state index is 5.70. The first-order valence-corrected chi connectivity index (χ1v) is 5.53. The summed E-state index contributed by atoms with van der Waals surface area (Å²) >= 11 is 0. The van der Waals surface area contributed by atoms with Crippen LogP contribution in [0.25, 0.3) is 0 Å². The van der Waals surface area contributed by atoms with E-state index < -0.39 is 0 Å². The molecule has 0 aliphatic rings. The van der Waals surface area contributed by atoms with Gasteiger partial charge in [-0.05, 0) is 23.9 Å². The van der Waals surface area contributed by atoms with E-state index in [4.69, 9.17) is 4.74 Å². The summed E-state index contributed by atoms with van der Waals surface area (Å²) in [5, 5.41) is 3.03. The number of benzene rings is 2. The minimum Gasteiger partial charge on any atom is -0.489 e. The molecule has 0 spiro atoms. The lowest BCUT2D eigenvalue weighted by Crippen LogP contribution is -1.95. The standard InChI is InChI=1S/C15H15NO/c1-2-16-14-9-6-10-15(11-14)17-12-13-7-4-3-5-8-13/h2-11,16H,1,12H2. The summed E-state index contributed by atoms with van der Waals surface area (Å²) in [5.41, 5.74) is 2.14. The Morgan fingerprint density at radius 1 is 1.06 bits per heavy atom. The quantitative estimate of drug-likeness (QED) is 0.835. The van der Waals surface area contributed by atoms with Crippen molar-refractivity contribution < 1.29 is 4.74 Å². The summed E-state index contributed by atoms with van der Waals surface area (Å²) in [6.07, 6.45) is 1.65. The maximum absolute atomic E-state index is 5.70. The molecule has 2 aromatic carbocycles. The van der Waals surface area contributed by atoms with Gasteiger partial charge in [-0.3, -0.25) is 0 Å². The van der Waals surface area contributed by atoms with Crippen molar-refractivity contribution in [1.29, 1.82) is 0 Å².